The Kier molecular flexibility index (Phi) is 3.68. The number of nitrogen functional groups attached to an aromatic ring is 1. The van der Waals surface area contributed by atoms with Crippen molar-refractivity contribution in [3.05, 3.63) is 38.8 Å². The lowest BCUT2D eigenvalue weighted by molar-refractivity contribution is 0.302. The molecule has 0 saturated heterocycles. The van der Waals surface area contributed by atoms with Gasteiger partial charge < -0.3 is 10.5 Å². The normalized spacial score (nSPS) is 10.4. The largest absolute Gasteiger partial charge is 0.486 e. The van der Waals surface area contributed by atoms with Crippen molar-refractivity contribution in [1.82, 2.24) is 4.98 Å². The van der Waals surface area contributed by atoms with Crippen LogP contribution in [0.3, 0.4) is 0 Å². The Labute approximate surface area is 110 Å². The highest BCUT2D eigenvalue weighted by Gasteiger charge is 2.04. The fourth-order valence-corrected chi connectivity index (χ4v) is 2.41. The number of anilines is 1. The van der Waals surface area contributed by atoms with Crippen LogP contribution in [0.2, 0.25) is 5.02 Å². The Balaban J connectivity index is 2.04. The van der Waals surface area contributed by atoms with Crippen molar-refractivity contribution in [3.8, 4) is 5.75 Å². The van der Waals surface area contributed by atoms with Crippen LogP contribution in [0.25, 0.3) is 0 Å². The van der Waals surface area contributed by atoms with E-state index >= 15 is 0 Å². The zero-order valence-electron chi connectivity index (χ0n) is 8.11. The number of benzene rings is 1. The van der Waals surface area contributed by atoms with E-state index in [-0.39, 0.29) is 0 Å². The minimum atomic E-state index is 0.370. The first-order valence-electron chi connectivity index (χ1n) is 4.43. The number of nitrogens with two attached hydrogens (primary N) is 1. The maximum atomic E-state index is 6.00. The van der Waals surface area contributed by atoms with E-state index < -0.39 is 0 Å². The van der Waals surface area contributed by atoms with Crippen molar-refractivity contribution in [2.24, 2.45) is 0 Å². The van der Waals surface area contributed by atoms with Crippen LogP contribution in [-0.2, 0) is 6.61 Å². The van der Waals surface area contributed by atoms with Crippen LogP contribution in [0, 0.1) is 0 Å². The molecular weight excluding hydrogens is 312 g/mol. The number of ether oxygens (including phenoxy) is 1. The maximum Gasteiger partial charge on any atom is 0.180 e. The first-order chi connectivity index (χ1) is 7.65. The van der Waals surface area contributed by atoms with Crippen LogP contribution in [0.5, 0.6) is 5.75 Å². The topological polar surface area (TPSA) is 48.1 Å². The van der Waals surface area contributed by atoms with Gasteiger partial charge in [0.1, 0.15) is 12.4 Å². The van der Waals surface area contributed by atoms with Crippen molar-refractivity contribution < 1.29 is 4.74 Å². The van der Waals surface area contributed by atoms with Crippen LogP contribution in [0.4, 0.5) is 5.13 Å². The molecule has 0 unspecified atom stereocenters. The SMILES string of the molecule is Nc1nc(COc2ccc(Br)cc2Cl)cs1. The molecule has 2 aromatic rings. The van der Waals surface area contributed by atoms with E-state index in [4.69, 9.17) is 22.1 Å². The molecule has 1 aromatic carbocycles. The molecular formula is C10H8BrClN2OS. The maximum absolute atomic E-state index is 6.00. The van der Waals surface area contributed by atoms with Gasteiger partial charge in [-0.25, -0.2) is 4.98 Å². The summed E-state index contributed by atoms with van der Waals surface area (Å²) in [6.45, 7) is 0.370. The number of hydrogen-bond acceptors (Lipinski definition) is 4. The molecule has 0 fully saturated rings. The van der Waals surface area contributed by atoms with E-state index in [1.54, 1.807) is 6.07 Å². The zero-order chi connectivity index (χ0) is 11.5. The van der Waals surface area contributed by atoms with Crippen molar-refractivity contribution in [2.45, 2.75) is 6.61 Å². The fourth-order valence-electron chi connectivity index (χ4n) is 1.13. The van der Waals surface area contributed by atoms with Gasteiger partial charge in [-0.2, -0.15) is 0 Å². The van der Waals surface area contributed by atoms with Gasteiger partial charge >= 0.3 is 0 Å². The summed E-state index contributed by atoms with van der Waals surface area (Å²) in [7, 11) is 0. The van der Waals surface area contributed by atoms with E-state index in [1.165, 1.54) is 11.3 Å². The molecule has 0 saturated carbocycles. The molecule has 1 aromatic heterocycles. The molecule has 1 heterocycles. The molecule has 0 aliphatic rings. The predicted molar refractivity (Wildman–Crippen MR) is 70.0 cm³/mol. The second-order valence-corrected chi connectivity index (χ2v) is 5.25. The third kappa shape index (κ3) is 2.87. The highest BCUT2D eigenvalue weighted by molar-refractivity contribution is 9.10. The summed E-state index contributed by atoms with van der Waals surface area (Å²) >= 11 is 10.7. The van der Waals surface area contributed by atoms with Gasteiger partial charge in [0.15, 0.2) is 5.13 Å². The van der Waals surface area contributed by atoms with Crippen molar-refractivity contribution >= 4 is 44.0 Å². The molecule has 16 heavy (non-hydrogen) atoms. The van der Waals surface area contributed by atoms with Gasteiger partial charge in [0.05, 0.1) is 10.7 Å². The van der Waals surface area contributed by atoms with Gasteiger partial charge in [0.2, 0.25) is 0 Å². The number of thiazole rings is 1. The first-order valence-corrected chi connectivity index (χ1v) is 6.48. The summed E-state index contributed by atoms with van der Waals surface area (Å²) in [4.78, 5) is 4.09. The summed E-state index contributed by atoms with van der Waals surface area (Å²) < 4.78 is 6.45. The first kappa shape index (κ1) is 11.7. The highest BCUT2D eigenvalue weighted by atomic mass is 79.9. The lowest BCUT2D eigenvalue weighted by Gasteiger charge is -2.06. The van der Waals surface area contributed by atoms with E-state index in [0.717, 1.165) is 10.2 Å². The average Bonchev–Trinajstić information content (AvgIpc) is 2.63. The van der Waals surface area contributed by atoms with Crippen LogP contribution in [0.1, 0.15) is 5.69 Å². The van der Waals surface area contributed by atoms with Crippen LogP contribution < -0.4 is 10.5 Å². The minimum absolute atomic E-state index is 0.370. The molecule has 0 bridgehead atoms. The lowest BCUT2D eigenvalue weighted by Crippen LogP contribution is -1.96. The second kappa shape index (κ2) is 5.03. The van der Waals surface area contributed by atoms with Gasteiger partial charge in [0.25, 0.3) is 0 Å². The molecule has 6 heteroatoms. The van der Waals surface area contributed by atoms with E-state index in [9.17, 15) is 0 Å². The van der Waals surface area contributed by atoms with Crippen molar-refractivity contribution in [2.75, 3.05) is 5.73 Å². The Morgan fingerprint density at radius 3 is 2.94 bits per heavy atom. The minimum Gasteiger partial charge on any atom is -0.486 e. The summed E-state index contributed by atoms with van der Waals surface area (Å²) in [5, 5.41) is 2.97. The van der Waals surface area contributed by atoms with Crippen LogP contribution in [0.15, 0.2) is 28.1 Å². The number of nitrogens with zero attached hydrogens (tertiary/aromatic N) is 1. The molecule has 0 aliphatic heterocycles. The number of aromatic nitrogens is 1. The van der Waals surface area contributed by atoms with Gasteiger partial charge in [0, 0.05) is 9.85 Å². The third-order valence-electron chi connectivity index (χ3n) is 1.84. The summed E-state index contributed by atoms with van der Waals surface area (Å²) in [5.74, 6) is 0.636. The molecule has 0 spiro atoms. The molecule has 2 rings (SSSR count). The average molecular weight is 320 g/mol. The van der Waals surface area contributed by atoms with Gasteiger partial charge in [-0.05, 0) is 18.2 Å². The molecule has 84 valence electrons. The van der Waals surface area contributed by atoms with Crippen LogP contribution in [-0.4, -0.2) is 4.98 Å². The smallest absolute Gasteiger partial charge is 0.180 e. The number of halogens is 2. The zero-order valence-corrected chi connectivity index (χ0v) is 11.3. The Bertz CT molecular complexity index is 503. The third-order valence-corrected chi connectivity index (χ3v) is 3.35. The number of rotatable bonds is 3. The van der Waals surface area contributed by atoms with E-state index in [0.29, 0.717) is 22.5 Å². The van der Waals surface area contributed by atoms with Gasteiger partial charge in [-0.15, -0.1) is 11.3 Å². The molecule has 0 aliphatic carbocycles. The number of hydrogen-bond donors (Lipinski definition) is 1. The second-order valence-electron chi connectivity index (χ2n) is 3.04. The Hall–Kier alpha value is -0.780. The van der Waals surface area contributed by atoms with Crippen LogP contribution >= 0.6 is 38.9 Å². The van der Waals surface area contributed by atoms with Crippen molar-refractivity contribution in [3.63, 3.8) is 0 Å². The van der Waals surface area contributed by atoms with E-state index in [2.05, 4.69) is 20.9 Å². The summed E-state index contributed by atoms with van der Waals surface area (Å²) in [6, 6.07) is 5.46. The highest BCUT2D eigenvalue weighted by Crippen LogP contribution is 2.28. The molecule has 0 amide bonds. The molecule has 0 atom stereocenters. The lowest BCUT2D eigenvalue weighted by atomic mass is 10.3. The summed E-state index contributed by atoms with van der Waals surface area (Å²) in [6.07, 6.45) is 0. The molecule has 0 radical (unpaired) electrons. The Morgan fingerprint density at radius 2 is 2.31 bits per heavy atom. The quantitative estimate of drug-likeness (QED) is 0.938. The van der Waals surface area contributed by atoms with Gasteiger partial charge in [-0.3, -0.25) is 0 Å². The van der Waals surface area contributed by atoms with Gasteiger partial charge in [-0.1, -0.05) is 27.5 Å². The monoisotopic (exact) mass is 318 g/mol. The molecule has 3 nitrogen and oxygen atoms in total. The fraction of sp³-hybridized carbons (Fsp3) is 0.100. The standard InChI is InChI=1S/C10H8BrClN2OS/c11-6-1-2-9(8(12)3-6)15-4-7-5-16-10(13)14-7/h1-3,5H,4H2,(H2,13,14). The van der Waals surface area contributed by atoms with E-state index in [1.807, 2.05) is 17.5 Å². The van der Waals surface area contributed by atoms with Crippen molar-refractivity contribution in [1.29, 1.82) is 0 Å². The summed E-state index contributed by atoms with van der Waals surface area (Å²) in [5.41, 5.74) is 6.32. The predicted octanol–water partition coefficient (Wildman–Crippen LogP) is 3.72. The Morgan fingerprint density at radius 1 is 1.50 bits per heavy atom. The molecule has 2 N–H and O–H groups in total.